The number of aromatic nitrogens is 3. The SMILES string of the molecule is NCc1nc2c(C(F)(F)F)cccn2n1. The maximum atomic E-state index is 12.5. The lowest BCUT2D eigenvalue weighted by molar-refractivity contribution is -0.136. The highest BCUT2D eigenvalue weighted by Gasteiger charge is 2.34. The first-order valence-electron chi connectivity index (χ1n) is 4.14. The van der Waals surface area contributed by atoms with Gasteiger partial charge < -0.3 is 5.73 Å². The van der Waals surface area contributed by atoms with Gasteiger partial charge in [-0.2, -0.15) is 13.2 Å². The van der Waals surface area contributed by atoms with Gasteiger partial charge in [-0.3, -0.25) is 0 Å². The van der Waals surface area contributed by atoms with Crippen molar-refractivity contribution in [3.63, 3.8) is 0 Å². The fourth-order valence-corrected chi connectivity index (χ4v) is 1.26. The topological polar surface area (TPSA) is 56.2 Å². The van der Waals surface area contributed by atoms with E-state index in [9.17, 15) is 13.2 Å². The Kier molecular flexibility index (Phi) is 2.11. The fourth-order valence-electron chi connectivity index (χ4n) is 1.26. The van der Waals surface area contributed by atoms with Gasteiger partial charge >= 0.3 is 6.18 Å². The van der Waals surface area contributed by atoms with Crippen molar-refractivity contribution < 1.29 is 13.2 Å². The van der Waals surface area contributed by atoms with Gasteiger partial charge in [-0.1, -0.05) is 0 Å². The first-order chi connectivity index (χ1) is 7.02. The summed E-state index contributed by atoms with van der Waals surface area (Å²) >= 11 is 0. The van der Waals surface area contributed by atoms with Gasteiger partial charge in [0, 0.05) is 6.20 Å². The Bertz CT molecular complexity index is 488. The first kappa shape index (κ1) is 9.91. The van der Waals surface area contributed by atoms with E-state index in [2.05, 4.69) is 10.1 Å². The molecule has 0 saturated heterocycles. The van der Waals surface area contributed by atoms with Gasteiger partial charge in [0.05, 0.1) is 6.54 Å². The van der Waals surface area contributed by atoms with E-state index in [4.69, 9.17) is 5.73 Å². The van der Waals surface area contributed by atoms with E-state index >= 15 is 0 Å². The first-order valence-corrected chi connectivity index (χ1v) is 4.14. The summed E-state index contributed by atoms with van der Waals surface area (Å²) in [6.45, 7) is 0.0129. The van der Waals surface area contributed by atoms with Crippen LogP contribution in [0.25, 0.3) is 5.65 Å². The van der Waals surface area contributed by atoms with Gasteiger partial charge in [0.25, 0.3) is 0 Å². The number of rotatable bonds is 1. The van der Waals surface area contributed by atoms with E-state index in [1.165, 1.54) is 12.3 Å². The molecule has 15 heavy (non-hydrogen) atoms. The lowest BCUT2D eigenvalue weighted by atomic mass is 10.2. The summed E-state index contributed by atoms with van der Waals surface area (Å²) < 4.78 is 38.6. The van der Waals surface area contributed by atoms with Crippen LogP contribution in [-0.4, -0.2) is 14.6 Å². The molecule has 0 bridgehead atoms. The number of alkyl halides is 3. The third kappa shape index (κ3) is 1.65. The van der Waals surface area contributed by atoms with Crippen molar-refractivity contribution in [3.8, 4) is 0 Å². The summed E-state index contributed by atoms with van der Waals surface area (Å²) in [5, 5.41) is 3.79. The highest BCUT2D eigenvalue weighted by Crippen LogP contribution is 2.31. The van der Waals surface area contributed by atoms with Crippen LogP contribution in [-0.2, 0) is 12.7 Å². The number of fused-ring (bicyclic) bond motifs is 1. The maximum Gasteiger partial charge on any atom is 0.420 e. The molecule has 0 unspecified atom stereocenters. The van der Waals surface area contributed by atoms with Gasteiger partial charge in [0.1, 0.15) is 5.56 Å². The largest absolute Gasteiger partial charge is 0.420 e. The van der Waals surface area contributed by atoms with Crippen molar-refractivity contribution in [2.24, 2.45) is 5.73 Å². The molecule has 2 aromatic heterocycles. The normalized spacial score (nSPS) is 12.3. The lowest BCUT2D eigenvalue weighted by Gasteiger charge is -2.05. The van der Waals surface area contributed by atoms with Crippen LogP contribution >= 0.6 is 0 Å². The molecule has 0 atom stereocenters. The molecule has 80 valence electrons. The summed E-state index contributed by atoms with van der Waals surface area (Å²) in [6, 6.07) is 2.23. The molecule has 0 aliphatic carbocycles. The number of halogens is 3. The molecule has 2 heterocycles. The highest BCUT2D eigenvalue weighted by atomic mass is 19.4. The summed E-state index contributed by atoms with van der Waals surface area (Å²) in [5.41, 5.74) is 4.23. The third-order valence-electron chi connectivity index (χ3n) is 1.89. The molecule has 0 aromatic carbocycles. The quantitative estimate of drug-likeness (QED) is 0.779. The van der Waals surface area contributed by atoms with E-state index in [0.717, 1.165) is 10.6 Å². The molecule has 0 spiro atoms. The highest BCUT2D eigenvalue weighted by molar-refractivity contribution is 5.48. The minimum absolute atomic E-state index is 0.0129. The van der Waals surface area contributed by atoms with Crippen molar-refractivity contribution in [1.29, 1.82) is 0 Å². The minimum atomic E-state index is -4.43. The zero-order chi connectivity index (χ0) is 11.1. The molecule has 4 nitrogen and oxygen atoms in total. The Labute approximate surface area is 82.5 Å². The zero-order valence-corrected chi connectivity index (χ0v) is 7.49. The molecule has 2 aromatic rings. The van der Waals surface area contributed by atoms with E-state index < -0.39 is 11.7 Å². The molecule has 0 aliphatic rings. The van der Waals surface area contributed by atoms with Gasteiger partial charge in [-0.15, -0.1) is 5.10 Å². The molecule has 7 heteroatoms. The Hall–Kier alpha value is -1.63. The number of hydrogen-bond acceptors (Lipinski definition) is 3. The Balaban J connectivity index is 2.70. The van der Waals surface area contributed by atoms with Crippen LogP contribution in [0.2, 0.25) is 0 Å². The predicted octanol–water partition coefficient (Wildman–Crippen LogP) is 1.21. The molecule has 2 rings (SSSR count). The lowest BCUT2D eigenvalue weighted by Crippen LogP contribution is -2.07. The molecular formula is C8H7F3N4. The van der Waals surface area contributed by atoms with Gasteiger partial charge in [-0.05, 0) is 12.1 Å². The minimum Gasteiger partial charge on any atom is -0.324 e. The number of nitrogens with zero attached hydrogens (tertiary/aromatic N) is 3. The fraction of sp³-hybridized carbons (Fsp3) is 0.250. The summed E-state index contributed by atoms with van der Waals surface area (Å²) in [5.74, 6) is 0.187. The average Bonchev–Trinajstić information content (AvgIpc) is 2.57. The van der Waals surface area contributed by atoms with Crippen LogP contribution in [0.15, 0.2) is 18.3 Å². The molecule has 0 saturated carbocycles. The second kappa shape index (κ2) is 3.20. The van der Waals surface area contributed by atoms with E-state index in [0.29, 0.717) is 0 Å². The van der Waals surface area contributed by atoms with Gasteiger partial charge in [0.2, 0.25) is 0 Å². The summed E-state index contributed by atoms with van der Waals surface area (Å²) in [4.78, 5) is 3.70. The molecule has 0 radical (unpaired) electrons. The van der Waals surface area contributed by atoms with Crippen molar-refractivity contribution in [1.82, 2.24) is 14.6 Å². The molecule has 0 amide bonds. The monoisotopic (exact) mass is 216 g/mol. The Morgan fingerprint density at radius 3 is 2.73 bits per heavy atom. The van der Waals surface area contributed by atoms with E-state index in [1.54, 1.807) is 0 Å². The van der Waals surface area contributed by atoms with Crippen molar-refractivity contribution >= 4 is 5.65 Å². The number of hydrogen-bond donors (Lipinski definition) is 1. The zero-order valence-electron chi connectivity index (χ0n) is 7.49. The van der Waals surface area contributed by atoms with E-state index in [1.807, 2.05) is 0 Å². The number of pyridine rings is 1. The van der Waals surface area contributed by atoms with Crippen LogP contribution in [0.3, 0.4) is 0 Å². The van der Waals surface area contributed by atoms with E-state index in [-0.39, 0.29) is 18.0 Å². The molecule has 0 fully saturated rings. The van der Waals surface area contributed by atoms with Crippen molar-refractivity contribution in [3.05, 3.63) is 29.7 Å². The second-order valence-electron chi connectivity index (χ2n) is 2.92. The van der Waals surface area contributed by atoms with Gasteiger partial charge in [0.15, 0.2) is 11.5 Å². The van der Waals surface area contributed by atoms with Crippen molar-refractivity contribution in [2.75, 3.05) is 0 Å². The van der Waals surface area contributed by atoms with Crippen LogP contribution in [0, 0.1) is 0 Å². The Morgan fingerprint density at radius 2 is 2.13 bits per heavy atom. The average molecular weight is 216 g/mol. The number of nitrogens with two attached hydrogens (primary N) is 1. The van der Waals surface area contributed by atoms with Crippen LogP contribution < -0.4 is 5.73 Å². The third-order valence-corrected chi connectivity index (χ3v) is 1.89. The Morgan fingerprint density at radius 1 is 1.40 bits per heavy atom. The standard InChI is InChI=1S/C8H7F3N4/c9-8(10,11)5-2-1-3-15-7(5)13-6(4-12)14-15/h1-3H,4,12H2. The second-order valence-corrected chi connectivity index (χ2v) is 2.92. The van der Waals surface area contributed by atoms with Crippen LogP contribution in [0.4, 0.5) is 13.2 Å². The maximum absolute atomic E-state index is 12.5. The smallest absolute Gasteiger partial charge is 0.324 e. The summed E-state index contributed by atoms with van der Waals surface area (Å²) in [6.07, 6.45) is -3.03. The molecule has 2 N–H and O–H groups in total. The van der Waals surface area contributed by atoms with Gasteiger partial charge in [-0.25, -0.2) is 9.50 Å². The molecule has 0 aliphatic heterocycles. The molecular weight excluding hydrogens is 209 g/mol. The predicted molar refractivity (Wildman–Crippen MR) is 45.9 cm³/mol. The van der Waals surface area contributed by atoms with Crippen LogP contribution in [0.1, 0.15) is 11.4 Å². The van der Waals surface area contributed by atoms with Crippen molar-refractivity contribution in [2.45, 2.75) is 12.7 Å². The summed E-state index contributed by atoms with van der Waals surface area (Å²) in [7, 11) is 0. The van der Waals surface area contributed by atoms with Crippen LogP contribution in [0.5, 0.6) is 0 Å².